The topological polar surface area (TPSA) is 92.5 Å². The molecular weight excluding hydrogens is 889 g/mol. The van der Waals surface area contributed by atoms with Gasteiger partial charge in [-0.25, -0.2) is 0 Å². The number of nitrogen functional groups attached to an aromatic ring is 2. The number of hydrogen-bond acceptors (Lipinski definition) is 4. The van der Waals surface area contributed by atoms with E-state index >= 15 is 0 Å². The molecule has 0 aromatic heterocycles. The number of phenolic OH excluding ortho intramolecular Hbond substituents is 2. The van der Waals surface area contributed by atoms with Crippen molar-refractivity contribution in [1.82, 2.24) is 0 Å². The molecule has 21 rings (SSSR count). The predicted molar refractivity (Wildman–Crippen MR) is 294 cm³/mol. The van der Waals surface area contributed by atoms with Crippen molar-refractivity contribution in [2.75, 3.05) is 11.5 Å². The minimum atomic E-state index is -0.777. The third-order valence-electron chi connectivity index (χ3n) is 26.0. The molecule has 16 bridgehead atoms. The zero-order valence-corrected chi connectivity index (χ0v) is 44.9. The van der Waals surface area contributed by atoms with Crippen LogP contribution in [0.2, 0.25) is 0 Å². The Morgan fingerprint density at radius 3 is 0.959 bits per heavy atom. The molecule has 0 radical (unpaired) electrons. The summed E-state index contributed by atoms with van der Waals surface area (Å²) in [7, 11) is 0. The quantitative estimate of drug-likeness (QED) is 0.101. The van der Waals surface area contributed by atoms with Gasteiger partial charge in [0.1, 0.15) is 11.5 Å². The molecule has 0 saturated heterocycles. The van der Waals surface area contributed by atoms with Crippen LogP contribution >= 0.6 is 0 Å². The first-order chi connectivity index (χ1) is 34.8. The first-order valence-electron chi connectivity index (χ1n) is 30.3. The van der Waals surface area contributed by atoms with Crippen LogP contribution < -0.4 is 11.5 Å². The van der Waals surface area contributed by atoms with E-state index in [2.05, 4.69) is 88.4 Å². The molecule has 17 aliphatic carbocycles. The van der Waals surface area contributed by atoms with Crippen molar-refractivity contribution in [1.29, 1.82) is 0 Å². The van der Waals surface area contributed by atoms with Crippen molar-refractivity contribution in [3.05, 3.63) is 105 Å². The number of phenols is 2. The molecule has 16 saturated carbocycles. The predicted octanol–water partition coefficient (Wildman–Crippen LogP) is 16.1. The van der Waals surface area contributed by atoms with Crippen LogP contribution in [0.1, 0.15) is 226 Å². The highest BCUT2D eigenvalue weighted by molar-refractivity contribution is 5.88. The number of anilines is 2. The Bertz CT molecular complexity index is 2800. The molecular formula is C69H84N2O2. The van der Waals surface area contributed by atoms with Gasteiger partial charge in [-0.05, 0) is 303 Å². The van der Waals surface area contributed by atoms with Crippen LogP contribution in [0.5, 0.6) is 11.5 Å². The highest BCUT2D eigenvalue weighted by atomic mass is 16.3. The molecule has 0 heterocycles. The molecule has 4 aromatic rings. The summed E-state index contributed by atoms with van der Waals surface area (Å²) < 4.78 is 0. The highest BCUT2D eigenvalue weighted by Crippen LogP contribution is 2.74. The summed E-state index contributed by atoms with van der Waals surface area (Å²) in [6.07, 6.45) is 31.1. The second-order valence-electron chi connectivity index (χ2n) is 32.4. The van der Waals surface area contributed by atoms with E-state index in [-0.39, 0.29) is 43.3 Å². The molecule has 0 aliphatic heterocycles. The smallest absolute Gasteiger partial charge is 0.142 e. The number of nitrogens with two attached hydrogens (primary N) is 2. The van der Waals surface area contributed by atoms with E-state index in [1.54, 1.807) is 11.1 Å². The SMILES string of the molecule is CC12CC3CC(C)(C1)CC(c1cc(C4(c5cc(N)c(O)c(C67CC8CC(C)(CC(C)(C8)C6)C7)c5)c5cc(C67CC8CC(CC(C8)C6)C7)ccc5-c5ccc(C67CC8CC(CC(C8)C6)C7)cc54)cc(N)c1O)(C3)C2. The summed E-state index contributed by atoms with van der Waals surface area (Å²) in [5.74, 6) is 7.07. The average molecular weight is 973 g/mol. The standard InChI is InChI=1S/C69H84N2O2/c1-61-21-45-22-62(2,33-61)36-67(31-45,35-61)55-17-49(19-57(70)59(55)72)69(50-18-56(60(73)58(71)20-50)68-32-46-23-63(3,37-68)34-64(4,24-46)38-68)53-15-47(65-25-39-9-40(26-65)11-41(10-39)27-65)5-7-51(53)52-8-6-48(16-54(52)69)66-28-42-12-43(29-66)14-44(13-42)30-66/h5-8,15-20,39-46,72-73H,9-14,21-38,70-71H2,1-4H3. The van der Waals surface area contributed by atoms with Crippen molar-refractivity contribution in [2.24, 2.45) is 69.0 Å². The normalized spacial score (nSPS) is 48.2. The largest absolute Gasteiger partial charge is 0.505 e. The van der Waals surface area contributed by atoms with Crippen LogP contribution in [0.15, 0.2) is 60.7 Å². The van der Waals surface area contributed by atoms with E-state index < -0.39 is 5.41 Å². The van der Waals surface area contributed by atoms with Gasteiger partial charge in [-0.2, -0.15) is 0 Å². The van der Waals surface area contributed by atoms with Crippen LogP contribution in [0.3, 0.4) is 0 Å². The van der Waals surface area contributed by atoms with Gasteiger partial charge in [0.05, 0.1) is 16.8 Å². The zero-order chi connectivity index (χ0) is 49.2. The van der Waals surface area contributed by atoms with Gasteiger partial charge in [0, 0.05) is 22.0 Å². The molecule has 0 amide bonds. The number of rotatable bonds is 6. The molecule has 0 spiro atoms. The lowest BCUT2D eigenvalue weighted by atomic mass is 9.39. The first-order valence-corrected chi connectivity index (χ1v) is 30.3. The lowest BCUT2D eigenvalue weighted by Crippen LogP contribution is -2.57. The van der Waals surface area contributed by atoms with E-state index in [9.17, 15) is 10.2 Å². The molecule has 4 atom stereocenters. The second-order valence-corrected chi connectivity index (χ2v) is 32.4. The fourth-order valence-corrected chi connectivity index (χ4v) is 26.8. The Kier molecular flexibility index (Phi) is 8.24. The Labute approximate surface area is 436 Å². The second kappa shape index (κ2) is 13.6. The van der Waals surface area contributed by atoms with Gasteiger partial charge in [-0.3, -0.25) is 0 Å². The van der Waals surface area contributed by atoms with E-state index in [0.29, 0.717) is 34.7 Å². The van der Waals surface area contributed by atoms with Crippen LogP contribution in [0, 0.1) is 69.0 Å². The molecule has 382 valence electrons. The molecule has 4 aromatic carbocycles. The summed E-state index contributed by atoms with van der Waals surface area (Å²) in [6.45, 7) is 10.3. The van der Waals surface area contributed by atoms with E-state index in [4.69, 9.17) is 11.5 Å². The van der Waals surface area contributed by atoms with Gasteiger partial charge < -0.3 is 21.7 Å². The van der Waals surface area contributed by atoms with Gasteiger partial charge in [0.2, 0.25) is 0 Å². The van der Waals surface area contributed by atoms with Crippen molar-refractivity contribution in [3.8, 4) is 22.6 Å². The maximum atomic E-state index is 12.8. The van der Waals surface area contributed by atoms with E-state index in [1.165, 1.54) is 149 Å². The molecule has 4 unspecified atom stereocenters. The number of fused-ring (bicyclic) bond motifs is 3. The minimum absolute atomic E-state index is 0.131. The maximum absolute atomic E-state index is 12.8. The third-order valence-corrected chi connectivity index (χ3v) is 26.0. The molecule has 4 heteroatoms. The Balaban J connectivity index is 0.961. The maximum Gasteiger partial charge on any atom is 0.142 e. The molecule has 17 aliphatic rings. The molecule has 4 nitrogen and oxygen atoms in total. The lowest BCUT2D eigenvalue weighted by molar-refractivity contribution is -0.110. The van der Waals surface area contributed by atoms with Gasteiger partial charge in [-0.1, -0.05) is 64.1 Å². The third kappa shape index (κ3) is 5.82. The van der Waals surface area contributed by atoms with Crippen molar-refractivity contribution in [2.45, 2.75) is 209 Å². The van der Waals surface area contributed by atoms with Crippen molar-refractivity contribution in [3.63, 3.8) is 0 Å². The molecule has 16 fully saturated rings. The Morgan fingerprint density at radius 1 is 0.342 bits per heavy atom. The van der Waals surface area contributed by atoms with E-state index in [1.807, 2.05) is 0 Å². The number of benzene rings is 4. The van der Waals surface area contributed by atoms with Gasteiger partial charge in [0.25, 0.3) is 0 Å². The summed E-state index contributed by atoms with van der Waals surface area (Å²) >= 11 is 0. The fraction of sp³-hybridized carbons (Fsp3) is 0.652. The zero-order valence-electron chi connectivity index (χ0n) is 44.9. The van der Waals surface area contributed by atoms with Gasteiger partial charge in [0.15, 0.2) is 0 Å². The monoisotopic (exact) mass is 973 g/mol. The Hall–Kier alpha value is -3.92. The summed E-state index contributed by atoms with van der Waals surface area (Å²) in [4.78, 5) is 0. The van der Waals surface area contributed by atoms with Crippen LogP contribution in [0.25, 0.3) is 11.1 Å². The number of hydrogen-bond donors (Lipinski definition) is 4. The average Bonchev–Trinajstić information content (AvgIpc) is 3.57. The number of aromatic hydroxyl groups is 2. The van der Waals surface area contributed by atoms with Crippen molar-refractivity contribution < 1.29 is 10.2 Å². The fourth-order valence-electron chi connectivity index (χ4n) is 26.8. The Morgan fingerprint density at radius 2 is 0.644 bits per heavy atom. The summed E-state index contributed by atoms with van der Waals surface area (Å²) in [5, 5.41) is 25.6. The first kappa shape index (κ1) is 44.2. The minimum Gasteiger partial charge on any atom is -0.505 e. The van der Waals surface area contributed by atoms with Crippen LogP contribution in [0.4, 0.5) is 11.4 Å². The molecule has 6 N–H and O–H groups in total. The summed E-state index contributed by atoms with van der Waals surface area (Å²) in [6, 6.07) is 25.5. The van der Waals surface area contributed by atoms with Crippen molar-refractivity contribution >= 4 is 11.4 Å². The lowest BCUT2D eigenvalue weighted by Gasteiger charge is -2.65. The summed E-state index contributed by atoms with van der Waals surface area (Å²) in [5.41, 5.74) is 29.8. The van der Waals surface area contributed by atoms with Crippen LogP contribution in [-0.2, 0) is 27.1 Å². The highest BCUT2D eigenvalue weighted by Gasteiger charge is 2.64. The van der Waals surface area contributed by atoms with E-state index in [0.717, 1.165) is 85.2 Å². The van der Waals surface area contributed by atoms with Gasteiger partial charge in [-0.15, -0.1) is 0 Å². The van der Waals surface area contributed by atoms with Gasteiger partial charge >= 0.3 is 0 Å². The van der Waals surface area contributed by atoms with Crippen LogP contribution in [-0.4, -0.2) is 10.2 Å². The molecule has 73 heavy (non-hydrogen) atoms.